The van der Waals surface area contributed by atoms with Gasteiger partial charge in [0.25, 0.3) is 0 Å². The van der Waals surface area contributed by atoms with Crippen LogP contribution in [0.2, 0.25) is 0 Å². The summed E-state index contributed by atoms with van der Waals surface area (Å²) >= 11 is 0. The summed E-state index contributed by atoms with van der Waals surface area (Å²) in [7, 11) is 0. The summed E-state index contributed by atoms with van der Waals surface area (Å²) in [5.41, 5.74) is 6.54. The molecule has 0 heteroatoms. The lowest BCUT2D eigenvalue weighted by Gasteiger charge is -2.14. The fourth-order valence-electron chi connectivity index (χ4n) is 1.78. The van der Waals surface area contributed by atoms with Crippen LogP contribution in [0, 0.1) is 5.92 Å². The molecular weight excluding hydrogens is 192 g/mol. The molecule has 0 bridgehead atoms. The van der Waals surface area contributed by atoms with Gasteiger partial charge in [0.2, 0.25) is 0 Å². The molecule has 0 N–H and O–H groups in total. The predicted molar refractivity (Wildman–Crippen MR) is 70.0 cm³/mol. The van der Waals surface area contributed by atoms with Gasteiger partial charge in [-0.1, -0.05) is 43.9 Å². The molecule has 2 aliphatic rings. The quantitative estimate of drug-likeness (QED) is 0.594. The van der Waals surface area contributed by atoms with E-state index < -0.39 is 0 Å². The highest BCUT2D eigenvalue weighted by Crippen LogP contribution is 2.26. The van der Waals surface area contributed by atoms with Gasteiger partial charge in [0.15, 0.2) is 0 Å². The van der Waals surface area contributed by atoms with Crippen LogP contribution in [0.5, 0.6) is 0 Å². The lowest BCUT2D eigenvalue weighted by atomic mass is 9.91. The van der Waals surface area contributed by atoms with E-state index in [4.69, 9.17) is 0 Å². The lowest BCUT2D eigenvalue weighted by Crippen LogP contribution is -1.97. The maximum atomic E-state index is 4.17. The fraction of sp³-hybridized carbons (Fsp3) is 0.188. The Bertz CT molecular complexity index is 472. The zero-order valence-electron chi connectivity index (χ0n) is 9.61. The molecule has 1 unspecified atom stereocenters. The van der Waals surface area contributed by atoms with Crippen molar-refractivity contribution in [2.24, 2.45) is 5.92 Å². The number of allylic oxidation sites excluding steroid dienone is 10. The van der Waals surface area contributed by atoms with Gasteiger partial charge in [0.05, 0.1) is 0 Å². The van der Waals surface area contributed by atoms with Crippen molar-refractivity contribution in [3.63, 3.8) is 0 Å². The number of hydrogen-bond acceptors (Lipinski definition) is 0. The third-order valence-corrected chi connectivity index (χ3v) is 2.84. The molecule has 0 aliphatic heterocycles. The highest BCUT2D eigenvalue weighted by Gasteiger charge is 2.08. The summed E-state index contributed by atoms with van der Waals surface area (Å²) in [5, 5.41) is 0. The van der Waals surface area contributed by atoms with Gasteiger partial charge in [0.1, 0.15) is 0 Å². The standard InChI is InChI=1S/C16H16/c1-13-9-11-16(12-10-13)14(2)15-7-5-3-4-6-8-15/h3,5-9,11-13H,2,10H2,1H3. The van der Waals surface area contributed by atoms with Crippen LogP contribution in [0.25, 0.3) is 0 Å². The number of rotatable bonds is 2. The molecule has 0 aromatic heterocycles. The van der Waals surface area contributed by atoms with Crippen LogP contribution >= 0.6 is 0 Å². The largest absolute Gasteiger partial charge is 0.121 e. The van der Waals surface area contributed by atoms with E-state index in [9.17, 15) is 0 Å². The zero-order chi connectivity index (χ0) is 11.4. The van der Waals surface area contributed by atoms with Gasteiger partial charge in [-0.05, 0) is 47.3 Å². The minimum Gasteiger partial charge on any atom is -0.121 e. The van der Waals surface area contributed by atoms with Crippen molar-refractivity contribution in [2.45, 2.75) is 13.3 Å². The fourth-order valence-corrected chi connectivity index (χ4v) is 1.78. The van der Waals surface area contributed by atoms with E-state index in [1.54, 1.807) is 0 Å². The van der Waals surface area contributed by atoms with E-state index in [1.165, 1.54) is 5.57 Å². The maximum absolute atomic E-state index is 4.17. The molecule has 0 fully saturated rings. The van der Waals surface area contributed by atoms with Crippen molar-refractivity contribution >= 4 is 0 Å². The van der Waals surface area contributed by atoms with Crippen LogP contribution < -0.4 is 0 Å². The van der Waals surface area contributed by atoms with Crippen LogP contribution in [0.1, 0.15) is 13.3 Å². The monoisotopic (exact) mass is 208 g/mol. The van der Waals surface area contributed by atoms with Gasteiger partial charge in [-0.3, -0.25) is 0 Å². The third kappa shape index (κ3) is 2.42. The van der Waals surface area contributed by atoms with Crippen molar-refractivity contribution in [3.8, 4) is 0 Å². The highest BCUT2D eigenvalue weighted by molar-refractivity contribution is 5.56. The van der Waals surface area contributed by atoms with Crippen molar-refractivity contribution in [3.05, 3.63) is 77.6 Å². The third-order valence-electron chi connectivity index (χ3n) is 2.84. The normalized spacial score (nSPS) is 22.7. The average molecular weight is 208 g/mol. The van der Waals surface area contributed by atoms with Crippen molar-refractivity contribution in [1.82, 2.24) is 0 Å². The first-order valence-electron chi connectivity index (χ1n) is 5.65. The molecule has 0 saturated heterocycles. The van der Waals surface area contributed by atoms with Gasteiger partial charge in [-0.25, -0.2) is 0 Å². The summed E-state index contributed by atoms with van der Waals surface area (Å²) in [5.74, 6) is 0.650. The Hall–Kier alpha value is -1.78. The van der Waals surface area contributed by atoms with Crippen LogP contribution in [-0.2, 0) is 0 Å². The molecule has 0 saturated carbocycles. The Kier molecular flexibility index (Phi) is 3.24. The molecule has 0 aromatic carbocycles. The van der Waals surface area contributed by atoms with Crippen LogP contribution in [-0.4, -0.2) is 0 Å². The summed E-state index contributed by atoms with van der Waals surface area (Å²) < 4.78 is 0. The smallest absolute Gasteiger partial charge is 0.0178 e. The molecule has 0 spiro atoms. The van der Waals surface area contributed by atoms with Gasteiger partial charge in [-0.2, -0.15) is 0 Å². The average Bonchev–Trinajstić information content (AvgIpc) is 2.57. The SMILES string of the molecule is C=C(C1=CC=C=CC=C1)C1=CCC(C)C=C1. The van der Waals surface area contributed by atoms with E-state index >= 15 is 0 Å². The molecular formula is C16H16. The molecule has 0 aromatic rings. The first kappa shape index (κ1) is 10.7. The first-order chi connectivity index (χ1) is 7.77. The van der Waals surface area contributed by atoms with Gasteiger partial charge >= 0.3 is 0 Å². The summed E-state index contributed by atoms with van der Waals surface area (Å²) in [6.07, 6.45) is 17.7. The highest BCUT2D eigenvalue weighted by atomic mass is 14.1. The second-order valence-corrected chi connectivity index (χ2v) is 4.19. The van der Waals surface area contributed by atoms with E-state index in [1.807, 2.05) is 18.2 Å². The first-order valence-corrected chi connectivity index (χ1v) is 5.65. The molecule has 1 atom stereocenters. The van der Waals surface area contributed by atoms with Gasteiger partial charge < -0.3 is 0 Å². The van der Waals surface area contributed by atoms with Crippen LogP contribution in [0.3, 0.4) is 0 Å². The summed E-state index contributed by atoms with van der Waals surface area (Å²) in [6.45, 7) is 6.39. The maximum Gasteiger partial charge on any atom is -0.0178 e. The Morgan fingerprint density at radius 3 is 2.94 bits per heavy atom. The molecule has 80 valence electrons. The Morgan fingerprint density at radius 2 is 2.19 bits per heavy atom. The molecule has 2 aliphatic carbocycles. The molecule has 16 heavy (non-hydrogen) atoms. The molecule has 0 heterocycles. The summed E-state index contributed by atoms with van der Waals surface area (Å²) in [4.78, 5) is 0. The topological polar surface area (TPSA) is 0 Å². The number of hydrogen-bond donors (Lipinski definition) is 0. The minimum atomic E-state index is 0.650. The van der Waals surface area contributed by atoms with Crippen molar-refractivity contribution < 1.29 is 0 Å². The Morgan fingerprint density at radius 1 is 1.31 bits per heavy atom. The van der Waals surface area contributed by atoms with Gasteiger partial charge in [0, 0.05) is 0 Å². The zero-order valence-corrected chi connectivity index (χ0v) is 9.61. The van der Waals surface area contributed by atoms with E-state index in [2.05, 4.69) is 49.6 Å². The Balaban J connectivity index is 2.18. The van der Waals surface area contributed by atoms with Crippen molar-refractivity contribution in [1.29, 1.82) is 0 Å². The van der Waals surface area contributed by atoms with Crippen LogP contribution in [0.4, 0.5) is 0 Å². The van der Waals surface area contributed by atoms with E-state index in [-0.39, 0.29) is 0 Å². The van der Waals surface area contributed by atoms with Crippen LogP contribution in [0.15, 0.2) is 77.6 Å². The second kappa shape index (κ2) is 4.83. The predicted octanol–water partition coefficient (Wildman–Crippen LogP) is 4.27. The minimum absolute atomic E-state index is 0.650. The molecule has 0 radical (unpaired) electrons. The lowest BCUT2D eigenvalue weighted by molar-refractivity contribution is 0.732. The molecule has 0 nitrogen and oxygen atoms in total. The Labute approximate surface area is 97.4 Å². The second-order valence-electron chi connectivity index (χ2n) is 4.19. The van der Waals surface area contributed by atoms with Gasteiger partial charge in [-0.15, -0.1) is 5.73 Å². The molecule has 0 amide bonds. The molecule has 2 rings (SSSR count). The summed E-state index contributed by atoms with van der Waals surface area (Å²) in [6, 6.07) is 0. The van der Waals surface area contributed by atoms with E-state index in [0.717, 1.165) is 17.6 Å². The van der Waals surface area contributed by atoms with Crippen molar-refractivity contribution in [2.75, 3.05) is 0 Å². The van der Waals surface area contributed by atoms with E-state index in [0.29, 0.717) is 5.92 Å².